The minimum Gasteiger partial charge on any atom is -0.103 e. The summed E-state index contributed by atoms with van der Waals surface area (Å²) < 4.78 is 0.861. The summed E-state index contributed by atoms with van der Waals surface area (Å²) in [5, 5.41) is 0. The van der Waals surface area contributed by atoms with Crippen LogP contribution in [0.2, 0.25) is 4.78 Å². The van der Waals surface area contributed by atoms with Crippen LogP contribution >= 0.6 is 0 Å². The predicted molar refractivity (Wildman–Crippen MR) is 22.2 cm³/mol. The Labute approximate surface area is 35.6 Å². The molecule has 0 aliphatic carbocycles. The normalized spacial score (nSPS) is 8.75. The molecule has 0 nitrogen and oxygen atoms in total. The summed E-state index contributed by atoms with van der Waals surface area (Å²) in [6, 6.07) is 0. The number of hydrogen-bond acceptors (Lipinski definition) is 0. The molecule has 0 saturated carbocycles. The van der Waals surface area contributed by atoms with E-state index in [0.717, 1.165) is 4.78 Å². The fraction of sp³-hybridized carbons (Fsp3) is 1.00. The highest BCUT2D eigenvalue weighted by Gasteiger charge is 1.69. The molecule has 0 spiro atoms. The summed E-state index contributed by atoms with van der Waals surface area (Å²) in [4.78, 5) is 0. The molecule has 0 aromatic rings. The zero-order valence-electron chi connectivity index (χ0n) is 3.28. The van der Waals surface area contributed by atoms with Crippen molar-refractivity contribution in [3.8, 4) is 0 Å². The van der Waals surface area contributed by atoms with Crippen LogP contribution in [0.1, 0.15) is 13.8 Å². The minimum absolute atomic E-state index is 0.861. The Morgan fingerprint density at radius 2 is 1.50 bits per heavy atom. The van der Waals surface area contributed by atoms with Crippen LogP contribution in [0, 0.1) is 0 Å². The largest absolute Gasteiger partial charge is 0.177 e. The van der Waals surface area contributed by atoms with Crippen molar-refractivity contribution in [2.75, 3.05) is 0 Å². The second-order valence-corrected chi connectivity index (χ2v) is 3.03. The summed E-state index contributed by atoms with van der Waals surface area (Å²) in [6.07, 6.45) is 0. The lowest BCUT2D eigenvalue weighted by atomic mass is 10.6. The molecule has 4 heavy (non-hydrogen) atoms. The quantitative estimate of drug-likeness (QED) is 0.369. The van der Waals surface area contributed by atoms with Crippen LogP contribution in [0.3, 0.4) is 0 Å². The van der Waals surface area contributed by atoms with Crippen molar-refractivity contribution < 1.29 is 0 Å². The summed E-state index contributed by atoms with van der Waals surface area (Å²) >= 11 is 2.00. The van der Waals surface area contributed by atoms with Crippen LogP contribution in [0.15, 0.2) is 0 Å². The molecule has 0 unspecified atom stereocenters. The first-order chi connectivity index (χ1) is 1.73. The topological polar surface area (TPSA) is 0 Å². The molecule has 0 aliphatic heterocycles. The van der Waals surface area contributed by atoms with Gasteiger partial charge >= 0.3 is 0 Å². The molecule has 0 N–H and O–H groups in total. The maximum absolute atomic E-state index is 2.18. The van der Waals surface area contributed by atoms with Crippen molar-refractivity contribution in [1.29, 1.82) is 0 Å². The van der Waals surface area contributed by atoms with Gasteiger partial charge in [0.1, 0.15) is 0 Å². The van der Waals surface area contributed by atoms with Gasteiger partial charge in [-0.1, -0.05) is 13.8 Å². The second kappa shape index (κ2) is 1.82. The fourth-order valence-corrected chi connectivity index (χ4v) is 0. The van der Waals surface area contributed by atoms with Crippen LogP contribution in [-0.4, -0.2) is 16.3 Å². The van der Waals surface area contributed by atoms with E-state index >= 15 is 0 Å². The van der Waals surface area contributed by atoms with Crippen LogP contribution in [0.4, 0.5) is 0 Å². The molecule has 0 atom stereocenters. The Morgan fingerprint density at radius 3 is 1.50 bits per heavy atom. The number of rotatable bonds is 0. The van der Waals surface area contributed by atoms with Crippen molar-refractivity contribution in [2.24, 2.45) is 0 Å². The molecule has 0 amide bonds. The molecular weight excluding hydrogens is 63.0 g/mol. The molecule has 1 radical (unpaired) electrons. The Kier molecular flexibility index (Phi) is 2.06. The molecule has 1 heteroatoms. The average Bonchev–Trinajstić information content (AvgIpc) is 0.811. The lowest BCUT2D eigenvalue weighted by molar-refractivity contribution is 1.08. The van der Waals surface area contributed by atoms with Gasteiger partial charge in [-0.05, 0) is 0 Å². The highest BCUT2D eigenvalue weighted by atomic mass is 27.0. The molecule has 0 aromatic carbocycles. The Balaban J connectivity index is 2.32. The molecule has 0 aliphatic rings. The third kappa shape index (κ3) is 21.0. The SMILES string of the molecule is C[CH](C)[AlH]. The number of hydrogen-bond donors (Lipinski definition) is 0. The van der Waals surface area contributed by atoms with E-state index in [0.29, 0.717) is 0 Å². The van der Waals surface area contributed by atoms with Gasteiger partial charge in [-0.25, -0.2) is 0 Å². The van der Waals surface area contributed by atoms with Gasteiger partial charge in [0.15, 0.2) is 16.3 Å². The lowest BCUT2D eigenvalue weighted by Gasteiger charge is -1.78. The fourth-order valence-electron chi connectivity index (χ4n) is 0. The summed E-state index contributed by atoms with van der Waals surface area (Å²) in [5.74, 6) is 0. The van der Waals surface area contributed by atoms with E-state index in [4.69, 9.17) is 0 Å². The smallest absolute Gasteiger partial charge is 0.103 e. The van der Waals surface area contributed by atoms with E-state index in [1.807, 2.05) is 16.3 Å². The third-order valence-corrected chi connectivity index (χ3v) is 0. The molecule has 0 saturated heterocycles. The van der Waals surface area contributed by atoms with E-state index in [2.05, 4.69) is 13.8 Å². The van der Waals surface area contributed by atoms with E-state index in [9.17, 15) is 0 Å². The van der Waals surface area contributed by atoms with Gasteiger partial charge in [-0.2, -0.15) is 0 Å². The van der Waals surface area contributed by atoms with Gasteiger partial charge in [0, 0.05) is 0 Å². The van der Waals surface area contributed by atoms with E-state index in [1.165, 1.54) is 0 Å². The summed E-state index contributed by atoms with van der Waals surface area (Å²) in [7, 11) is 0. The molecule has 23 valence electrons. The highest BCUT2D eigenvalue weighted by Crippen LogP contribution is 1.84. The molecule has 0 heterocycles. The molecular formula is C3H8Al. The average molecular weight is 71.1 g/mol. The van der Waals surface area contributed by atoms with Crippen molar-refractivity contribution in [1.82, 2.24) is 0 Å². The Hall–Kier alpha value is 0.532. The standard InChI is InChI=1S/C3H7.Al.H/c1-3-2;;/h3H,1-2H3;;. The van der Waals surface area contributed by atoms with Gasteiger partial charge in [0.2, 0.25) is 0 Å². The van der Waals surface area contributed by atoms with Crippen LogP contribution < -0.4 is 0 Å². The van der Waals surface area contributed by atoms with Crippen molar-refractivity contribution >= 4 is 16.3 Å². The van der Waals surface area contributed by atoms with Crippen LogP contribution in [0.25, 0.3) is 0 Å². The maximum atomic E-state index is 2.18. The van der Waals surface area contributed by atoms with Gasteiger partial charge in [0.05, 0.1) is 0 Å². The van der Waals surface area contributed by atoms with Crippen molar-refractivity contribution in [3.63, 3.8) is 0 Å². The van der Waals surface area contributed by atoms with E-state index in [-0.39, 0.29) is 0 Å². The third-order valence-electron chi connectivity index (χ3n) is 0. The van der Waals surface area contributed by atoms with E-state index < -0.39 is 0 Å². The van der Waals surface area contributed by atoms with E-state index in [1.54, 1.807) is 0 Å². The Morgan fingerprint density at radius 1 is 1.50 bits per heavy atom. The van der Waals surface area contributed by atoms with Crippen LogP contribution in [0.5, 0.6) is 0 Å². The van der Waals surface area contributed by atoms with Gasteiger partial charge in [0.25, 0.3) is 0 Å². The maximum Gasteiger partial charge on any atom is 0.177 e. The first kappa shape index (κ1) is 4.53. The van der Waals surface area contributed by atoms with Crippen molar-refractivity contribution in [2.45, 2.75) is 18.6 Å². The highest BCUT2D eigenvalue weighted by molar-refractivity contribution is 6.10. The molecule has 0 bridgehead atoms. The lowest BCUT2D eigenvalue weighted by Crippen LogP contribution is -1.67. The predicted octanol–water partition coefficient (Wildman–Crippen LogP) is 0.716. The monoisotopic (exact) mass is 71.0 g/mol. The minimum atomic E-state index is 0.861. The second-order valence-electron chi connectivity index (χ2n) is 1.39. The summed E-state index contributed by atoms with van der Waals surface area (Å²) in [5.41, 5.74) is 0. The first-order valence-electron chi connectivity index (χ1n) is 1.56. The van der Waals surface area contributed by atoms with Gasteiger partial charge < -0.3 is 0 Å². The molecule has 0 fully saturated rings. The van der Waals surface area contributed by atoms with Gasteiger partial charge in [-0.3, -0.25) is 0 Å². The zero-order valence-corrected chi connectivity index (χ0v) is 4.70. The molecule has 0 rings (SSSR count). The molecule has 0 aromatic heterocycles. The zero-order chi connectivity index (χ0) is 3.58. The summed E-state index contributed by atoms with van der Waals surface area (Å²) in [6.45, 7) is 4.36. The van der Waals surface area contributed by atoms with Gasteiger partial charge in [-0.15, -0.1) is 4.78 Å². The Bertz CT molecular complexity index is 8.00. The van der Waals surface area contributed by atoms with Crippen molar-refractivity contribution in [3.05, 3.63) is 0 Å². The first-order valence-corrected chi connectivity index (χ1v) is 2.38. The van der Waals surface area contributed by atoms with Crippen LogP contribution in [-0.2, 0) is 0 Å².